The molecule has 2 aromatic carbocycles. The van der Waals surface area contributed by atoms with E-state index in [0.717, 1.165) is 66.9 Å². The van der Waals surface area contributed by atoms with Crippen molar-refractivity contribution in [2.24, 2.45) is 5.41 Å². The van der Waals surface area contributed by atoms with Gasteiger partial charge in [-0.05, 0) is 54.5 Å². The van der Waals surface area contributed by atoms with E-state index in [1.54, 1.807) is 6.20 Å². The van der Waals surface area contributed by atoms with Crippen molar-refractivity contribution in [2.75, 3.05) is 36.8 Å². The van der Waals surface area contributed by atoms with E-state index < -0.39 is 5.44 Å². The van der Waals surface area contributed by atoms with Crippen LogP contribution in [0.25, 0.3) is 10.9 Å². The molecule has 1 unspecified atom stereocenters. The number of piperidine rings is 3. The molecule has 218 valence electrons. The second-order valence-corrected chi connectivity index (χ2v) is 14.0. The molecular weight excluding hydrogens is 566 g/mol. The van der Waals surface area contributed by atoms with E-state index in [0.29, 0.717) is 27.7 Å². The minimum absolute atomic E-state index is 0.0169. The molecule has 11 heteroatoms. The van der Waals surface area contributed by atoms with E-state index in [9.17, 15) is 5.26 Å². The Balaban J connectivity index is 1.42. The van der Waals surface area contributed by atoms with Crippen LogP contribution in [0.15, 0.2) is 54.5 Å². The highest BCUT2D eigenvalue weighted by atomic mass is 35.5. The number of nitrogens with one attached hydrogen (secondary N) is 4. The van der Waals surface area contributed by atoms with Crippen LogP contribution in [0.1, 0.15) is 51.2 Å². The number of nitrogens with zero attached hydrogens (tertiary/aromatic N) is 4. The van der Waals surface area contributed by atoms with E-state index in [4.69, 9.17) is 23.2 Å². The van der Waals surface area contributed by atoms with Crippen LogP contribution in [0, 0.1) is 16.7 Å². The third-order valence-electron chi connectivity index (χ3n) is 8.96. The van der Waals surface area contributed by atoms with Gasteiger partial charge in [-0.15, -0.1) is 5.53 Å². The highest BCUT2D eigenvalue weighted by molar-refractivity contribution is 6.36. The Bertz CT molecular complexity index is 1560. The lowest BCUT2D eigenvalue weighted by Crippen LogP contribution is -2.62. The van der Waals surface area contributed by atoms with Crippen molar-refractivity contribution < 1.29 is 0 Å². The number of pyridine rings is 1. The summed E-state index contributed by atoms with van der Waals surface area (Å²) in [7, 11) is 2.15. The summed E-state index contributed by atoms with van der Waals surface area (Å²) in [4.78, 5) is 7.09. The zero-order valence-electron chi connectivity index (χ0n) is 24.6. The third kappa shape index (κ3) is 5.38. The summed E-state index contributed by atoms with van der Waals surface area (Å²) in [6, 6.07) is 14.2. The van der Waals surface area contributed by atoms with E-state index in [1.807, 2.05) is 36.4 Å². The van der Waals surface area contributed by atoms with Crippen LogP contribution in [-0.2, 0) is 5.44 Å². The lowest BCUT2D eigenvalue weighted by Gasteiger charge is -2.52. The number of fused-ring (bicyclic) bond motifs is 4. The molecule has 3 aromatic rings. The van der Waals surface area contributed by atoms with Crippen molar-refractivity contribution in [1.82, 2.24) is 25.9 Å². The summed E-state index contributed by atoms with van der Waals surface area (Å²) < 4.78 is 0. The second-order valence-electron chi connectivity index (χ2n) is 13.1. The molecular formula is C31H37BCl2N8. The first-order chi connectivity index (χ1) is 20.0. The summed E-state index contributed by atoms with van der Waals surface area (Å²) in [5, 5.41) is 21.5. The normalized spacial score (nSPS) is 23.2. The molecule has 1 atom stereocenters. The van der Waals surface area contributed by atoms with Gasteiger partial charge in [0, 0.05) is 54.7 Å². The van der Waals surface area contributed by atoms with Gasteiger partial charge in [-0.3, -0.25) is 9.99 Å². The largest absolute Gasteiger partial charge is 0.383 e. The van der Waals surface area contributed by atoms with E-state index >= 15 is 0 Å². The number of halogens is 2. The smallest absolute Gasteiger partial charge is 0.148 e. The molecule has 1 aromatic heterocycles. The molecule has 0 aliphatic carbocycles. The van der Waals surface area contributed by atoms with Crippen LogP contribution in [0.4, 0.5) is 11.4 Å². The van der Waals surface area contributed by atoms with Crippen molar-refractivity contribution >= 4 is 53.3 Å². The topological polar surface area (TPSA) is 91.3 Å². The summed E-state index contributed by atoms with van der Waals surface area (Å²) >= 11 is 13.2. The molecule has 3 saturated heterocycles. The number of anilines is 2. The highest BCUT2D eigenvalue weighted by Crippen LogP contribution is 2.41. The molecule has 0 amide bonds. The van der Waals surface area contributed by atoms with Gasteiger partial charge in [0.1, 0.15) is 13.9 Å². The third-order valence-corrected chi connectivity index (χ3v) is 9.50. The second kappa shape index (κ2) is 10.8. The van der Waals surface area contributed by atoms with E-state index in [-0.39, 0.29) is 11.0 Å². The number of benzene rings is 2. The summed E-state index contributed by atoms with van der Waals surface area (Å²) in [5.41, 5.74) is 11.1. The maximum Gasteiger partial charge on any atom is 0.148 e. The van der Waals surface area contributed by atoms with Crippen LogP contribution in [-0.4, -0.2) is 54.5 Å². The Kier molecular flexibility index (Phi) is 7.47. The molecule has 42 heavy (non-hydrogen) atoms. The summed E-state index contributed by atoms with van der Waals surface area (Å²) in [6.07, 6.45) is 7.21. The molecule has 4 aliphatic heterocycles. The van der Waals surface area contributed by atoms with Gasteiger partial charge in [-0.1, -0.05) is 56.1 Å². The summed E-state index contributed by atoms with van der Waals surface area (Å²) in [6.45, 7) is 10.6. The molecule has 0 spiro atoms. The number of aromatic nitrogens is 1. The Morgan fingerprint density at radius 1 is 1.10 bits per heavy atom. The number of nitriles is 1. The van der Waals surface area contributed by atoms with Crippen molar-refractivity contribution in [3.05, 3.63) is 75.7 Å². The van der Waals surface area contributed by atoms with Gasteiger partial charge in [0.05, 0.1) is 38.5 Å². The number of hydrogen-bond acceptors (Lipinski definition) is 8. The van der Waals surface area contributed by atoms with Gasteiger partial charge in [-0.2, -0.15) is 5.26 Å². The van der Waals surface area contributed by atoms with E-state index in [2.05, 4.69) is 77.4 Å². The number of hydrazine groups is 2. The molecule has 0 saturated carbocycles. The van der Waals surface area contributed by atoms with Gasteiger partial charge in [0.2, 0.25) is 0 Å². The predicted octanol–water partition coefficient (Wildman–Crippen LogP) is 5.17. The van der Waals surface area contributed by atoms with Crippen molar-refractivity contribution in [1.29, 1.82) is 5.26 Å². The van der Waals surface area contributed by atoms with Crippen molar-refractivity contribution in [2.45, 2.75) is 51.0 Å². The van der Waals surface area contributed by atoms with Crippen molar-refractivity contribution in [3.8, 4) is 6.07 Å². The monoisotopic (exact) mass is 602 g/mol. The lowest BCUT2D eigenvalue weighted by atomic mass is 9.69. The standard InChI is InChI=1S/C31H37BCl2N8/c1-29(2,3)19-37-27-20(16-35)17-36-28-24(27)14-23(15-25(28)34)38-31(32,21-4-6-22(33)7-5-21)26-18-42(40-39-26)30-8-11-41(12-9-30)13-10-30/h4-7,14-15,17-18,38-40H,8-13,19,32H2,1-3H3,(H,36,37). The van der Waals surface area contributed by atoms with Gasteiger partial charge in [0.15, 0.2) is 0 Å². The van der Waals surface area contributed by atoms with Gasteiger partial charge >= 0.3 is 0 Å². The molecule has 5 heterocycles. The van der Waals surface area contributed by atoms with Crippen LogP contribution >= 0.6 is 23.2 Å². The fraction of sp³-hybridized carbons (Fsp3) is 0.419. The zero-order chi connectivity index (χ0) is 29.7. The molecule has 7 rings (SSSR count). The average Bonchev–Trinajstić information content (AvgIpc) is 3.49. The minimum atomic E-state index is -0.672. The maximum absolute atomic E-state index is 9.90. The van der Waals surface area contributed by atoms with E-state index in [1.165, 1.54) is 0 Å². The van der Waals surface area contributed by atoms with Gasteiger partial charge in [0.25, 0.3) is 0 Å². The highest BCUT2D eigenvalue weighted by Gasteiger charge is 2.46. The van der Waals surface area contributed by atoms with Crippen LogP contribution in [0.2, 0.25) is 10.0 Å². The zero-order valence-corrected chi connectivity index (χ0v) is 26.1. The minimum Gasteiger partial charge on any atom is -0.383 e. The fourth-order valence-electron chi connectivity index (χ4n) is 6.32. The molecule has 0 radical (unpaired) electrons. The van der Waals surface area contributed by atoms with Crippen LogP contribution < -0.4 is 21.6 Å². The molecule has 3 fully saturated rings. The first-order valence-corrected chi connectivity index (χ1v) is 15.3. The lowest BCUT2D eigenvalue weighted by molar-refractivity contribution is -0.0300. The maximum atomic E-state index is 9.90. The first kappa shape index (κ1) is 28.9. The van der Waals surface area contributed by atoms with Crippen molar-refractivity contribution in [3.63, 3.8) is 0 Å². The SMILES string of the molecule is BC(Nc1cc(Cl)c2ncc(C#N)c(NCC(C)(C)C)c2c1)(C1=CN(C23CCN(CC2)CC3)NN1)c1ccc(Cl)cc1. The molecule has 4 aliphatic rings. The first-order valence-electron chi connectivity index (χ1n) is 14.6. The average molecular weight is 603 g/mol. The quantitative estimate of drug-likeness (QED) is 0.275. The molecule has 2 bridgehead atoms. The van der Waals surface area contributed by atoms with Crippen LogP contribution in [0.5, 0.6) is 0 Å². The number of rotatable bonds is 7. The summed E-state index contributed by atoms with van der Waals surface area (Å²) in [5.74, 6) is 0. The van der Waals surface area contributed by atoms with Gasteiger partial charge < -0.3 is 21.0 Å². The number of hydrogen-bond donors (Lipinski definition) is 4. The Hall–Kier alpha value is -3.16. The Morgan fingerprint density at radius 3 is 2.43 bits per heavy atom. The Morgan fingerprint density at radius 2 is 1.79 bits per heavy atom. The molecule has 4 N–H and O–H groups in total. The fourth-order valence-corrected chi connectivity index (χ4v) is 6.72. The van der Waals surface area contributed by atoms with Crippen LogP contribution in [0.3, 0.4) is 0 Å². The van der Waals surface area contributed by atoms with Gasteiger partial charge in [-0.25, -0.2) is 0 Å². The molecule has 8 nitrogen and oxygen atoms in total. The predicted molar refractivity (Wildman–Crippen MR) is 174 cm³/mol. The Labute approximate surface area is 258 Å².